The molecule has 3 aromatic carbocycles. The summed E-state index contributed by atoms with van der Waals surface area (Å²) in [5.41, 5.74) is 5.59. The summed E-state index contributed by atoms with van der Waals surface area (Å²) < 4.78 is 20.1. The minimum atomic E-state index is -0.476. The van der Waals surface area contributed by atoms with Gasteiger partial charge < -0.3 is 24.0 Å². The number of hydrogen-bond donors (Lipinski definition) is 0. The lowest BCUT2D eigenvalue weighted by molar-refractivity contribution is 0.0135. The second-order valence-corrected chi connectivity index (χ2v) is 14.6. The molecule has 0 unspecified atom stereocenters. The maximum absolute atomic E-state index is 12.5. The molecule has 0 bridgehead atoms. The number of piperazine rings is 1. The summed E-state index contributed by atoms with van der Waals surface area (Å²) >= 11 is 0. The number of aromatic nitrogens is 3. The second kappa shape index (κ2) is 15.0. The summed E-state index contributed by atoms with van der Waals surface area (Å²) in [7, 11) is 2.02. The molecule has 0 spiro atoms. The lowest BCUT2D eigenvalue weighted by Crippen LogP contribution is -2.51. The third-order valence-corrected chi connectivity index (χ3v) is 9.55. The van der Waals surface area contributed by atoms with Crippen molar-refractivity contribution in [1.29, 1.82) is 0 Å². The summed E-state index contributed by atoms with van der Waals surface area (Å²) in [6.45, 7) is 12.7. The number of carbonyl (C=O) groups is 1. The molecule has 2 aromatic heterocycles. The van der Waals surface area contributed by atoms with Gasteiger partial charge in [-0.1, -0.05) is 72.8 Å². The molecule has 0 aliphatic carbocycles. The van der Waals surface area contributed by atoms with Crippen molar-refractivity contribution in [3.05, 3.63) is 102 Å². The maximum Gasteiger partial charge on any atom is 0.410 e. The molecule has 10 nitrogen and oxygen atoms in total. The summed E-state index contributed by atoms with van der Waals surface area (Å²) in [5.74, 6) is 1.54. The topological polar surface area (TPSA) is 85.2 Å². The van der Waals surface area contributed by atoms with Gasteiger partial charge in [0.2, 0.25) is 11.8 Å². The number of nitrogens with zero attached hydrogens (tertiary/aromatic N) is 6. The fraction of sp³-hybridized carbons (Fsp3) is 0.390. The highest BCUT2D eigenvalue weighted by atomic mass is 16.6. The van der Waals surface area contributed by atoms with E-state index in [1.54, 1.807) is 0 Å². The molecule has 5 aromatic rings. The zero-order chi connectivity index (χ0) is 35.4. The molecule has 1 amide bonds. The van der Waals surface area contributed by atoms with Gasteiger partial charge in [0.15, 0.2) is 0 Å². The molecular formula is C41H48N6O4. The largest absolute Gasteiger partial charge is 0.473 e. The van der Waals surface area contributed by atoms with Crippen LogP contribution in [0, 0.1) is 5.92 Å². The third kappa shape index (κ3) is 8.28. The predicted molar refractivity (Wildman–Crippen MR) is 200 cm³/mol. The van der Waals surface area contributed by atoms with Crippen LogP contribution in [0.3, 0.4) is 0 Å². The lowest BCUT2D eigenvalue weighted by Gasteiger charge is -2.36. The molecule has 7 rings (SSSR count). The first kappa shape index (κ1) is 34.4. The van der Waals surface area contributed by atoms with Crippen LogP contribution in [-0.4, -0.2) is 82.1 Å². The van der Waals surface area contributed by atoms with Gasteiger partial charge in [0, 0.05) is 64.3 Å². The van der Waals surface area contributed by atoms with Crippen molar-refractivity contribution in [2.24, 2.45) is 13.0 Å². The van der Waals surface area contributed by atoms with E-state index in [0.717, 1.165) is 72.4 Å². The fourth-order valence-corrected chi connectivity index (χ4v) is 7.03. The molecule has 0 saturated carbocycles. The first-order valence-electron chi connectivity index (χ1n) is 18.0. The minimum absolute atomic E-state index is 0.212. The molecule has 0 N–H and O–H groups in total. The van der Waals surface area contributed by atoms with Crippen molar-refractivity contribution in [2.45, 2.75) is 46.0 Å². The molecule has 2 aliphatic rings. The van der Waals surface area contributed by atoms with E-state index in [1.807, 2.05) is 110 Å². The van der Waals surface area contributed by atoms with E-state index in [-0.39, 0.29) is 6.09 Å². The van der Waals surface area contributed by atoms with Crippen LogP contribution in [0.4, 0.5) is 10.5 Å². The lowest BCUT2D eigenvalue weighted by atomic mass is 10.1. The van der Waals surface area contributed by atoms with Crippen LogP contribution in [0.25, 0.3) is 22.2 Å². The predicted octanol–water partition coefficient (Wildman–Crippen LogP) is 7.17. The summed E-state index contributed by atoms with van der Waals surface area (Å²) in [6.07, 6.45) is 0.912. The monoisotopic (exact) mass is 688 g/mol. The first-order chi connectivity index (χ1) is 24.7. The number of amides is 1. The standard InChI is InChI=1S/C41H48N6O4/c1-41(2,3)51-40(48)46-24-22-45(23-25-46)26-32-20-21-47(27-32)35-17-11-16-33-37(43-44(4)38(33)35)34-18-19-36(49-28-30-12-7-5-8-13-30)42-39(34)50-29-31-14-9-6-10-15-31/h5-19,32H,20-29H2,1-4H3/t32-/m0/s1. The van der Waals surface area contributed by atoms with Crippen LogP contribution in [0.1, 0.15) is 38.3 Å². The van der Waals surface area contributed by atoms with Crippen molar-refractivity contribution in [1.82, 2.24) is 24.6 Å². The molecule has 4 heterocycles. The summed E-state index contributed by atoms with van der Waals surface area (Å²) in [4.78, 5) is 24.2. The Balaban J connectivity index is 1.07. The smallest absolute Gasteiger partial charge is 0.410 e. The third-order valence-electron chi connectivity index (χ3n) is 9.55. The zero-order valence-electron chi connectivity index (χ0n) is 30.1. The number of benzene rings is 3. The zero-order valence-corrected chi connectivity index (χ0v) is 30.1. The van der Waals surface area contributed by atoms with Crippen molar-refractivity contribution >= 4 is 22.7 Å². The Morgan fingerprint density at radius 3 is 2.18 bits per heavy atom. The average molecular weight is 689 g/mol. The number of aryl methyl sites for hydroxylation is 1. The van der Waals surface area contributed by atoms with Gasteiger partial charge in [0.1, 0.15) is 24.5 Å². The second-order valence-electron chi connectivity index (χ2n) is 14.6. The molecule has 2 aliphatic heterocycles. The maximum atomic E-state index is 12.5. The highest BCUT2D eigenvalue weighted by molar-refractivity contribution is 6.01. The van der Waals surface area contributed by atoms with E-state index in [4.69, 9.17) is 24.3 Å². The molecule has 2 saturated heterocycles. The van der Waals surface area contributed by atoms with Crippen LogP contribution in [-0.2, 0) is 25.0 Å². The van der Waals surface area contributed by atoms with Crippen LogP contribution in [0.2, 0.25) is 0 Å². The van der Waals surface area contributed by atoms with Crippen LogP contribution >= 0.6 is 0 Å². The molecule has 2 fully saturated rings. The van der Waals surface area contributed by atoms with E-state index in [1.165, 1.54) is 5.69 Å². The van der Waals surface area contributed by atoms with Crippen molar-refractivity contribution in [3.63, 3.8) is 0 Å². The number of rotatable bonds is 10. The summed E-state index contributed by atoms with van der Waals surface area (Å²) in [6, 6.07) is 30.6. The Hall–Kier alpha value is -5.09. The first-order valence-corrected chi connectivity index (χ1v) is 18.0. The Kier molecular flexibility index (Phi) is 10.1. The number of hydrogen-bond acceptors (Lipinski definition) is 8. The van der Waals surface area contributed by atoms with Crippen molar-refractivity contribution in [2.75, 3.05) is 50.7 Å². The van der Waals surface area contributed by atoms with Gasteiger partial charge in [0.05, 0.1) is 16.8 Å². The highest BCUT2D eigenvalue weighted by Gasteiger charge is 2.30. The number of pyridine rings is 1. The Morgan fingerprint density at radius 1 is 0.804 bits per heavy atom. The molecule has 51 heavy (non-hydrogen) atoms. The Morgan fingerprint density at radius 2 is 1.49 bits per heavy atom. The Labute approximate surface area is 300 Å². The normalized spacial score (nSPS) is 16.8. The molecule has 10 heteroatoms. The van der Waals surface area contributed by atoms with E-state index in [2.05, 4.69) is 28.0 Å². The van der Waals surface area contributed by atoms with E-state index >= 15 is 0 Å². The van der Waals surface area contributed by atoms with E-state index in [9.17, 15) is 4.79 Å². The minimum Gasteiger partial charge on any atom is -0.473 e. The number of para-hydroxylation sites is 1. The Bertz CT molecular complexity index is 1930. The molecule has 266 valence electrons. The van der Waals surface area contributed by atoms with E-state index in [0.29, 0.717) is 44.0 Å². The SMILES string of the molecule is Cn1nc(-c2ccc(OCc3ccccc3)nc2OCc2ccccc2)c2cccc(N3CC[C@@H](CN4CCN(C(=O)OC(C)(C)C)CC4)C3)c21. The number of ether oxygens (including phenoxy) is 3. The summed E-state index contributed by atoms with van der Waals surface area (Å²) in [5, 5.41) is 6.12. The van der Waals surface area contributed by atoms with Crippen LogP contribution in [0.15, 0.2) is 91.0 Å². The van der Waals surface area contributed by atoms with Gasteiger partial charge >= 0.3 is 6.09 Å². The van der Waals surface area contributed by atoms with Gasteiger partial charge in [-0.05, 0) is 56.4 Å². The van der Waals surface area contributed by atoms with Crippen LogP contribution in [0.5, 0.6) is 11.8 Å². The quantitative estimate of drug-likeness (QED) is 0.153. The van der Waals surface area contributed by atoms with Crippen LogP contribution < -0.4 is 14.4 Å². The molecule has 0 radical (unpaired) electrons. The van der Waals surface area contributed by atoms with Gasteiger partial charge in [0.25, 0.3) is 0 Å². The average Bonchev–Trinajstić information content (AvgIpc) is 3.74. The van der Waals surface area contributed by atoms with Gasteiger partial charge in [-0.3, -0.25) is 9.58 Å². The van der Waals surface area contributed by atoms with Gasteiger partial charge in [-0.2, -0.15) is 10.1 Å². The van der Waals surface area contributed by atoms with E-state index < -0.39 is 5.60 Å². The van der Waals surface area contributed by atoms with Crippen molar-refractivity contribution in [3.8, 4) is 23.0 Å². The molecule has 1 atom stereocenters. The number of anilines is 1. The number of carbonyl (C=O) groups excluding carboxylic acids is 1. The van der Waals surface area contributed by atoms with Gasteiger partial charge in [-0.25, -0.2) is 4.79 Å². The van der Waals surface area contributed by atoms with Gasteiger partial charge in [-0.15, -0.1) is 0 Å². The van der Waals surface area contributed by atoms with Crippen molar-refractivity contribution < 1.29 is 19.0 Å². The fourth-order valence-electron chi connectivity index (χ4n) is 7.03. The molecular weight excluding hydrogens is 640 g/mol. The highest BCUT2D eigenvalue weighted by Crippen LogP contribution is 2.39. The number of fused-ring (bicyclic) bond motifs is 1.